The molecule has 0 aliphatic rings. The predicted molar refractivity (Wildman–Crippen MR) is 54.2 cm³/mol. The van der Waals surface area contributed by atoms with Gasteiger partial charge in [-0.05, 0) is 17.7 Å². The molecule has 0 radical (unpaired) electrons. The van der Waals surface area contributed by atoms with Crippen molar-refractivity contribution in [3.8, 4) is 0 Å². The first-order valence-electron chi connectivity index (χ1n) is 3.84. The van der Waals surface area contributed by atoms with Gasteiger partial charge in [-0.1, -0.05) is 15.9 Å². The van der Waals surface area contributed by atoms with Crippen LogP contribution in [-0.2, 0) is 16.0 Å². The Bertz CT molecular complexity index is 368. The van der Waals surface area contributed by atoms with Gasteiger partial charge in [-0.15, -0.1) is 0 Å². The SMILES string of the molecule is COC(=O)Cc1cc(F)c(N)cc1Br. The number of ether oxygens (including phenoxy) is 1. The molecule has 0 spiro atoms. The van der Waals surface area contributed by atoms with E-state index in [0.29, 0.717) is 10.0 Å². The van der Waals surface area contributed by atoms with Crippen LogP contribution in [0, 0.1) is 5.82 Å². The van der Waals surface area contributed by atoms with E-state index in [1.807, 2.05) is 0 Å². The Kier molecular flexibility index (Phi) is 3.46. The molecule has 0 atom stereocenters. The van der Waals surface area contributed by atoms with Gasteiger partial charge in [-0.3, -0.25) is 4.79 Å². The van der Waals surface area contributed by atoms with Gasteiger partial charge in [0.05, 0.1) is 19.2 Å². The van der Waals surface area contributed by atoms with E-state index in [-0.39, 0.29) is 12.1 Å². The molecule has 0 heterocycles. The molecule has 0 saturated carbocycles. The molecular formula is C9H9BrFNO2. The summed E-state index contributed by atoms with van der Waals surface area (Å²) in [5.41, 5.74) is 5.90. The molecule has 0 aliphatic heterocycles. The zero-order chi connectivity index (χ0) is 10.7. The van der Waals surface area contributed by atoms with Gasteiger partial charge in [-0.2, -0.15) is 0 Å². The number of nitrogens with two attached hydrogens (primary N) is 1. The van der Waals surface area contributed by atoms with Crippen LogP contribution in [0.1, 0.15) is 5.56 Å². The van der Waals surface area contributed by atoms with Gasteiger partial charge >= 0.3 is 5.97 Å². The molecule has 1 aromatic carbocycles. The molecule has 0 aliphatic carbocycles. The van der Waals surface area contributed by atoms with Gasteiger partial charge in [0.25, 0.3) is 0 Å². The second-order valence-corrected chi connectivity index (χ2v) is 3.57. The Hall–Kier alpha value is -1.10. The van der Waals surface area contributed by atoms with E-state index < -0.39 is 11.8 Å². The minimum absolute atomic E-state index is 0.0221. The highest BCUT2D eigenvalue weighted by Crippen LogP contribution is 2.23. The van der Waals surface area contributed by atoms with Crippen molar-refractivity contribution in [2.75, 3.05) is 12.8 Å². The normalized spacial score (nSPS) is 9.93. The molecule has 14 heavy (non-hydrogen) atoms. The van der Waals surface area contributed by atoms with Crippen molar-refractivity contribution in [3.63, 3.8) is 0 Å². The maximum atomic E-state index is 13.0. The second kappa shape index (κ2) is 4.41. The summed E-state index contributed by atoms with van der Waals surface area (Å²) in [6.07, 6.45) is 0.0221. The Morgan fingerprint density at radius 2 is 2.29 bits per heavy atom. The highest BCUT2D eigenvalue weighted by Gasteiger charge is 2.10. The van der Waals surface area contributed by atoms with E-state index in [2.05, 4.69) is 20.7 Å². The standard InChI is InChI=1S/C9H9BrFNO2/c1-14-9(13)3-5-2-7(11)8(12)4-6(5)10/h2,4H,3,12H2,1H3. The Balaban J connectivity index is 2.98. The zero-order valence-corrected chi connectivity index (χ0v) is 9.10. The van der Waals surface area contributed by atoms with E-state index in [1.165, 1.54) is 19.2 Å². The number of hydrogen-bond donors (Lipinski definition) is 1. The van der Waals surface area contributed by atoms with E-state index >= 15 is 0 Å². The fraction of sp³-hybridized carbons (Fsp3) is 0.222. The first kappa shape index (κ1) is 11.0. The lowest BCUT2D eigenvalue weighted by Crippen LogP contribution is -2.06. The first-order valence-corrected chi connectivity index (χ1v) is 4.64. The molecule has 5 heteroatoms. The van der Waals surface area contributed by atoms with Crippen LogP contribution in [0.15, 0.2) is 16.6 Å². The summed E-state index contributed by atoms with van der Waals surface area (Å²) in [7, 11) is 1.28. The van der Waals surface area contributed by atoms with Crippen molar-refractivity contribution in [1.82, 2.24) is 0 Å². The summed E-state index contributed by atoms with van der Waals surface area (Å²) in [5.74, 6) is -0.957. The average molecular weight is 262 g/mol. The number of benzene rings is 1. The summed E-state index contributed by atoms with van der Waals surface area (Å²) in [4.78, 5) is 10.9. The van der Waals surface area contributed by atoms with Crippen LogP contribution in [0.3, 0.4) is 0 Å². The van der Waals surface area contributed by atoms with Crippen molar-refractivity contribution in [3.05, 3.63) is 28.0 Å². The summed E-state index contributed by atoms with van der Waals surface area (Å²) in [5, 5.41) is 0. The summed E-state index contributed by atoms with van der Waals surface area (Å²) in [6.45, 7) is 0. The van der Waals surface area contributed by atoms with E-state index in [4.69, 9.17) is 5.73 Å². The molecule has 0 fully saturated rings. The number of methoxy groups -OCH3 is 1. The highest BCUT2D eigenvalue weighted by atomic mass is 79.9. The zero-order valence-electron chi connectivity index (χ0n) is 7.51. The molecule has 0 bridgehead atoms. The van der Waals surface area contributed by atoms with Crippen LogP contribution in [-0.4, -0.2) is 13.1 Å². The fourth-order valence-electron chi connectivity index (χ4n) is 0.967. The molecule has 76 valence electrons. The van der Waals surface area contributed by atoms with Gasteiger partial charge in [0.15, 0.2) is 0 Å². The fourth-order valence-corrected chi connectivity index (χ4v) is 1.47. The molecule has 2 N–H and O–H groups in total. The largest absolute Gasteiger partial charge is 0.469 e. The third-order valence-electron chi connectivity index (χ3n) is 1.73. The highest BCUT2D eigenvalue weighted by molar-refractivity contribution is 9.10. The number of carbonyl (C=O) groups excluding carboxylic acids is 1. The monoisotopic (exact) mass is 261 g/mol. The lowest BCUT2D eigenvalue weighted by molar-refractivity contribution is -0.139. The molecule has 0 saturated heterocycles. The Labute approximate surface area is 89.2 Å². The smallest absolute Gasteiger partial charge is 0.310 e. The lowest BCUT2D eigenvalue weighted by atomic mass is 10.1. The number of nitrogen functional groups attached to an aromatic ring is 1. The molecule has 3 nitrogen and oxygen atoms in total. The van der Waals surface area contributed by atoms with Gasteiger partial charge < -0.3 is 10.5 Å². The second-order valence-electron chi connectivity index (χ2n) is 2.72. The van der Waals surface area contributed by atoms with Crippen molar-refractivity contribution in [2.45, 2.75) is 6.42 Å². The minimum Gasteiger partial charge on any atom is -0.469 e. The first-order chi connectivity index (χ1) is 6.54. The lowest BCUT2D eigenvalue weighted by Gasteiger charge is -2.05. The van der Waals surface area contributed by atoms with Gasteiger partial charge in [0.1, 0.15) is 5.82 Å². The summed E-state index contributed by atoms with van der Waals surface area (Å²) < 4.78 is 18.1. The molecule has 1 rings (SSSR count). The third kappa shape index (κ3) is 2.45. The third-order valence-corrected chi connectivity index (χ3v) is 2.47. The topological polar surface area (TPSA) is 52.3 Å². The summed E-state index contributed by atoms with van der Waals surface area (Å²) >= 11 is 3.18. The van der Waals surface area contributed by atoms with Crippen LogP contribution in [0.25, 0.3) is 0 Å². The van der Waals surface area contributed by atoms with Crippen molar-refractivity contribution in [2.24, 2.45) is 0 Å². The van der Waals surface area contributed by atoms with Crippen molar-refractivity contribution >= 4 is 27.6 Å². The van der Waals surface area contributed by atoms with Crippen molar-refractivity contribution < 1.29 is 13.9 Å². The minimum atomic E-state index is -0.535. The number of anilines is 1. The Morgan fingerprint density at radius 1 is 1.64 bits per heavy atom. The van der Waals surface area contributed by atoms with Crippen LogP contribution >= 0.6 is 15.9 Å². The number of halogens is 2. The number of carbonyl (C=O) groups is 1. The van der Waals surface area contributed by atoms with Crippen molar-refractivity contribution in [1.29, 1.82) is 0 Å². The summed E-state index contributed by atoms with van der Waals surface area (Å²) in [6, 6.07) is 2.64. The van der Waals surface area contributed by atoms with Gasteiger partial charge in [0, 0.05) is 4.47 Å². The predicted octanol–water partition coefficient (Wildman–Crippen LogP) is 1.89. The average Bonchev–Trinajstić information content (AvgIpc) is 2.14. The quantitative estimate of drug-likeness (QED) is 0.654. The number of rotatable bonds is 2. The van der Waals surface area contributed by atoms with Crippen LogP contribution in [0.2, 0.25) is 0 Å². The van der Waals surface area contributed by atoms with Crippen LogP contribution < -0.4 is 5.73 Å². The molecular weight excluding hydrogens is 253 g/mol. The van der Waals surface area contributed by atoms with Gasteiger partial charge in [-0.25, -0.2) is 4.39 Å². The maximum absolute atomic E-state index is 13.0. The van der Waals surface area contributed by atoms with Crippen LogP contribution in [0.4, 0.5) is 10.1 Å². The molecule has 0 aromatic heterocycles. The number of esters is 1. The Morgan fingerprint density at radius 3 is 2.86 bits per heavy atom. The maximum Gasteiger partial charge on any atom is 0.310 e. The molecule has 0 amide bonds. The number of hydrogen-bond acceptors (Lipinski definition) is 3. The van der Waals surface area contributed by atoms with Gasteiger partial charge in [0.2, 0.25) is 0 Å². The van der Waals surface area contributed by atoms with E-state index in [0.717, 1.165) is 0 Å². The molecule has 1 aromatic rings. The van der Waals surface area contributed by atoms with E-state index in [9.17, 15) is 9.18 Å². The van der Waals surface area contributed by atoms with Crippen LogP contribution in [0.5, 0.6) is 0 Å². The molecule has 0 unspecified atom stereocenters. The van der Waals surface area contributed by atoms with E-state index in [1.54, 1.807) is 0 Å².